The van der Waals surface area contributed by atoms with Crippen LogP contribution in [0, 0.1) is 5.92 Å². The largest absolute Gasteiger partial charge is 0.457 e. The number of carbonyl (C=O) groups excluding carboxylic acids is 2. The van der Waals surface area contributed by atoms with Gasteiger partial charge < -0.3 is 14.1 Å². The van der Waals surface area contributed by atoms with E-state index in [1.165, 1.54) is 6.08 Å². The molecule has 3 heterocycles. The second-order valence-electron chi connectivity index (χ2n) is 10.5. The molecule has 33 heavy (non-hydrogen) atoms. The van der Waals surface area contributed by atoms with Crippen LogP contribution in [-0.4, -0.2) is 53.6 Å². The van der Waals surface area contributed by atoms with Crippen LogP contribution in [0.15, 0.2) is 24.4 Å². The molecule has 3 atom stereocenters. The third kappa shape index (κ3) is 4.47. The summed E-state index contributed by atoms with van der Waals surface area (Å²) in [7, 11) is -2.04. The van der Waals surface area contributed by atoms with Crippen molar-refractivity contribution in [3.05, 3.63) is 35.8 Å². The fourth-order valence-corrected chi connectivity index (χ4v) is 5.98. The van der Waals surface area contributed by atoms with E-state index in [9.17, 15) is 9.59 Å². The highest BCUT2D eigenvalue weighted by Crippen LogP contribution is 2.49. The Bertz CT molecular complexity index is 951. The molecule has 0 saturated carbocycles. The van der Waals surface area contributed by atoms with Gasteiger partial charge in [0.05, 0.1) is 23.8 Å². The van der Waals surface area contributed by atoms with E-state index in [1.54, 1.807) is 4.90 Å². The summed E-state index contributed by atoms with van der Waals surface area (Å²) in [6.07, 6.45) is 2.73. The second kappa shape index (κ2) is 9.22. The molecule has 2 aliphatic heterocycles. The van der Waals surface area contributed by atoms with Crippen LogP contribution in [0.25, 0.3) is 5.57 Å². The van der Waals surface area contributed by atoms with Crippen molar-refractivity contribution >= 4 is 25.8 Å². The molecule has 0 bridgehead atoms. The van der Waals surface area contributed by atoms with Crippen molar-refractivity contribution in [2.75, 3.05) is 6.61 Å². The van der Waals surface area contributed by atoms with Gasteiger partial charge in [-0.2, -0.15) is 5.10 Å². The number of aryl methyl sites for hydroxylation is 2. The van der Waals surface area contributed by atoms with E-state index in [0.29, 0.717) is 12.1 Å². The Balaban J connectivity index is 1.93. The molecule has 0 N–H and O–H groups in total. The Morgan fingerprint density at radius 1 is 1.36 bits per heavy atom. The minimum atomic E-state index is -2.04. The van der Waals surface area contributed by atoms with Gasteiger partial charge in [0, 0.05) is 17.8 Å². The number of hydrogen-bond donors (Lipinski definition) is 0. The Labute approximate surface area is 198 Å². The van der Waals surface area contributed by atoms with Gasteiger partial charge in [-0.15, -0.1) is 0 Å². The van der Waals surface area contributed by atoms with Crippen molar-refractivity contribution in [3.8, 4) is 0 Å². The number of carbonyl (C=O) groups is 2. The van der Waals surface area contributed by atoms with Gasteiger partial charge in [-0.3, -0.25) is 9.48 Å². The summed E-state index contributed by atoms with van der Waals surface area (Å²) in [5.74, 6) is -0.851. The molecule has 1 fully saturated rings. The van der Waals surface area contributed by atoms with E-state index in [2.05, 4.69) is 47.4 Å². The van der Waals surface area contributed by atoms with Gasteiger partial charge in [0.25, 0.3) is 0 Å². The molecule has 182 valence electrons. The van der Waals surface area contributed by atoms with Crippen LogP contribution in [0.3, 0.4) is 0 Å². The zero-order chi connectivity index (χ0) is 24.7. The monoisotopic (exact) mass is 473 g/mol. The molecule has 1 saturated heterocycles. The van der Waals surface area contributed by atoms with Gasteiger partial charge in [-0.1, -0.05) is 40.3 Å². The molecule has 1 aromatic rings. The summed E-state index contributed by atoms with van der Waals surface area (Å²) < 4.78 is 13.9. The molecule has 0 radical (unpaired) electrons. The normalized spacial score (nSPS) is 21.7. The maximum Gasteiger partial charge on any atom is 0.355 e. The number of ether oxygens (including phenoxy) is 1. The molecule has 3 rings (SSSR count). The van der Waals surface area contributed by atoms with E-state index < -0.39 is 14.3 Å². The number of rotatable bonds is 9. The number of fused-ring (bicyclic) bond motifs is 1. The van der Waals surface area contributed by atoms with Crippen molar-refractivity contribution in [2.24, 2.45) is 5.92 Å². The molecule has 1 amide bonds. The van der Waals surface area contributed by atoms with Crippen molar-refractivity contribution in [3.63, 3.8) is 0 Å². The summed E-state index contributed by atoms with van der Waals surface area (Å²) in [6, 6.07) is 1.91. The number of amides is 1. The topological polar surface area (TPSA) is 73.7 Å². The van der Waals surface area contributed by atoms with Crippen LogP contribution < -0.4 is 0 Å². The minimum absolute atomic E-state index is 0.0516. The van der Waals surface area contributed by atoms with E-state index in [-0.39, 0.29) is 35.6 Å². The van der Waals surface area contributed by atoms with Gasteiger partial charge in [0.2, 0.25) is 5.91 Å². The fourth-order valence-electron chi connectivity index (χ4n) is 4.55. The van der Waals surface area contributed by atoms with Gasteiger partial charge in [0.1, 0.15) is 12.3 Å². The predicted molar refractivity (Wildman–Crippen MR) is 132 cm³/mol. The quantitative estimate of drug-likeness (QED) is 0.228. The van der Waals surface area contributed by atoms with Crippen molar-refractivity contribution in [1.29, 1.82) is 0 Å². The highest BCUT2D eigenvalue weighted by Gasteiger charge is 2.58. The summed E-state index contributed by atoms with van der Waals surface area (Å²) in [4.78, 5) is 28.0. The lowest BCUT2D eigenvalue weighted by molar-refractivity contribution is -0.161. The lowest BCUT2D eigenvalue weighted by Crippen LogP contribution is -2.63. The molecule has 1 aromatic heterocycles. The Kier molecular flexibility index (Phi) is 7.10. The van der Waals surface area contributed by atoms with Crippen LogP contribution in [0.2, 0.25) is 18.1 Å². The first-order valence-corrected chi connectivity index (χ1v) is 14.9. The number of nitrogens with zero attached hydrogens (tertiary/aromatic N) is 3. The zero-order valence-electron chi connectivity index (χ0n) is 21.4. The maximum atomic E-state index is 13.3. The van der Waals surface area contributed by atoms with E-state index in [4.69, 9.17) is 14.3 Å². The van der Waals surface area contributed by atoms with Crippen molar-refractivity contribution in [1.82, 2.24) is 14.7 Å². The average Bonchev–Trinajstić information content (AvgIpc) is 3.29. The Morgan fingerprint density at radius 2 is 2.03 bits per heavy atom. The molecular weight excluding hydrogens is 434 g/mol. The van der Waals surface area contributed by atoms with Crippen LogP contribution >= 0.6 is 0 Å². The molecule has 0 aromatic carbocycles. The van der Waals surface area contributed by atoms with Crippen molar-refractivity contribution < 1.29 is 18.8 Å². The summed E-state index contributed by atoms with van der Waals surface area (Å²) in [5, 5.41) is 4.80. The Morgan fingerprint density at radius 3 is 2.55 bits per heavy atom. The third-order valence-electron chi connectivity index (χ3n) is 7.36. The first-order valence-electron chi connectivity index (χ1n) is 12.0. The molecule has 0 unspecified atom stereocenters. The maximum absolute atomic E-state index is 13.3. The number of aromatic nitrogens is 2. The van der Waals surface area contributed by atoms with Crippen LogP contribution in [0.4, 0.5) is 0 Å². The van der Waals surface area contributed by atoms with Crippen LogP contribution in [-0.2, 0) is 31.7 Å². The molecule has 7 nitrogen and oxygen atoms in total. The van der Waals surface area contributed by atoms with E-state index >= 15 is 0 Å². The lowest BCUT2D eigenvalue weighted by atomic mass is 9.83. The van der Waals surface area contributed by atoms with Gasteiger partial charge in [-0.05, 0) is 50.9 Å². The fraction of sp³-hybridized carbons (Fsp3) is 0.640. The summed E-state index contributed by atoms with van der Waals surface area (Å²) >= 11 is 0. The van der Waals surface area contributed by atoms with E-state index in [1.807, 2.05) is 24.6 Å². The smallest absolute Gasteiger partial charge is 0.355 e. The predicted octanol–water partition coefficient (Wildman–Crippen LogP) is 4.55. The second-order valence-corrected chi connectivity index (χ2v) is 15.2. The molecule has 0 spiro atoms. The number of β-lactam (4-membered cyclic amide) rings is 1. The summed E-state index contributed by atoms with van der Waals surface area (Å²) in [6.45, 7) is 21.6. The standard InChI is InChI=1S/C25H39N3O4Si/c1-10-13-31-24(30)22-18(19-14-17(11-2)27(12-3)26-19)15-20-21(23(29)28(20)22)16(4)32-33(8,9)25(5,6)7/h10,14,16,20-21H,1,11-13,15H2,2-9H3/t16-,20-,21-/m1/s1. The number of hydrogen-bond acceptors (Lipinski definition) is 5. The van der Waals surface area contributed by atoms with Crippen LogP contribution in [0.1, 0.15) is 59.4 Å². The average molecular weight is 474 g/mol. The Hall–Kier alpha value is -2.19. The highest BCUT2D eigenvalue weighted by molar-refractivity contribution is 6.74. The van der Waals surface area contributed by atoms with E-state index in [0.717, 1.165) is 29.9 Å². The minimum Gasteiger partial charge on any atom is -0.457 e. The lowest BCUT2D eigenvalue weighted by Gasteiger charge is -2.48. The molecule has 0 aliphatic carbocycles. The zero-order valence-corrected chi connectivity index (χ0v) is 22.4. The first-order chi connectivity index (χ1) is 15.4. The van der Waals surface area contributed by atoms with Gasteiger partial charge in [-0.25, -0.2) is 4.79 Å². The van der Waals surface area contributed by atoms with Gasteiger partial charge >= 0.3 is 5.97 Å². The first kappa shape index (κ1) is 25.4. The SMILES string of the molecule is C=CCOC(=O)C1=C(c2cc(CC)n(CC)n2)C[C@@H]2[C@@H]([C@@H](C)O[Si](C)(C)C(C)(C)C)C(=O)N12. The molecular formula is C25H39N3O4Si. The number of esters is 1. The molecule has 2 aliphatic rings. The van der Waals surface area contributed by atoms with Crippen LogP contribution in [0.5, 0.6) is 0 Å². The summed E-state index contributed by atoms with van der Waals surface area (Å²) in [5.41, 5.74) is 2.96. The van der Waals surface area contributed by atoms with Gasteiger partial charge in [0.15, 0.2) is 8.32 Å². The van der Waals surface area contributed by atoms with Crippen molar-refractivity contribution in [2.45, 2.75) is 91.2 Å². The molecule has 8 heteroatoms. The third-order valence-corrected chi connectivity index (χ3v) is 11.9. The highest BCUT2D eigenvalue weighted by atomic mass is 28.4.